The molecule has 0 radical (unpaired) electrons. The second kappa shape index (κ2) is 10.3. The minimum atomic E-state index is -0.335. The molecule has 0 spiro atoms. The smallest absolute Gasteiger partial charge is 0.272 e. The SMILES string of the molecule is C[C@H]1COc2ccc(Cl)cc2C(=O)NCCCCN(C(=O)c2ccnn2C)CC(=O)N1. The van der Waals surface area contributed by atoms with Crippen LogP contribution in [0.1, 0.15) is 40.6 Å². The van der Waals surface area contributed by atoms with Gasteiger partial charge in [0.05, 0.1) is 18.2 Å². The number of aryl methyl sites for hydroxylation is 1. The number of nitrogens with one attached hydrogen (secondary N) is 2. The van der Waals surface area contributed by atoms with Crippen LogP contribution in [-0.2, 0) is 11.8 Å². The Balaban J connectivity index is 1.76. The summed E-state index contributed by atoms with van der Waals surface area (Å²) in [5.74, 6) is -0.445. The van der Waals surface area contributed by atoms with E-state index in [0.29, 0.717) is 48.0 Å². The van der Waals surface area contributed by atoms with Crippen LogP contribution in [0.5, 0.6) is 5.75 Å². The summed E-state index contributed by atoms with van der Waals surface area (Å²) in [6, 6.07) is 6.12. The number of ether oxygens (including phenoxy) is 1. The van der Waals surface area contributed by atoms with Crippen molar-refractivity contribution in [2.45, 2.75) is 25.8 Å². The van der Waals surface area contributed by atoms with Crippen LogP contribution in [0.3, 0.4) is 0 Å². The van der Waals surface area contributed by atoms with E-state index in [9.17, 15) is 14.4 Å². The van der Waals surface area contributed by atoms with Gasteiger partial charge < -0.3 is 20.3 Å². The number of rotatable bonds is 1. The summed E-state index contributed by atoms with van der Waals surface area (Å²) in [4.78, 5) is 39.6. The first kappa shape index (κ1) is 22.6. The number of carbonyl (C=O) groups is 3. The molecule has 10 heteroatoms. The summed E-state index contributed by atoms with van der Waals surface area (Å²) < 4.78 is 7.25. The van der Waals surface area contributed by atoms with Gasteiger partial charge in [0.1, 0.15) is 18.1 Å². The van der Waals surface area contributed by atoms with E-state index in [2.05, 4.69) is 15.7 Å². The molecular formula is C21H26ClN5O4. The van der Waals surface area contributed by atoms with Gasteiger partial charge in [-0.1, -0.05) is 11.6 Å². The third kappa shape index (κ3) is 5.97. The monoisotopic (exact) mass is 447 g/mol. The van der Waals surface area contributed by atoms with Gasteiger partial charge in [-0.15, -0.1) is 0 Å². The lowest BCUT2D eigenvalue weighted by Gasteiger charge is -2.23. The first-order valence-electron chi connectivity index (χ1n) is 10.1. The van der Waals surface area contributed by atoms with Gasteiger partial charge in [0, 0.05) is 31.4 Å². The first-order valence-corrected chi connectivity index (χ1v) is 10.5. The Morgan fingerprint density at radius 3 is 2.81 bits per heavy atom. The van der Waals surface area contributed by atoms with E-state index >= 15 is 0 Å². The normalized spacial score (nSPS) is 18.7. The topological polar surface area (TPSA) is 106 Å². The van der Waals surface area contributed by atoms with Crippen molar-refractivity contribution >= 4 is 29.3 Å². The fourth-order valence-electron chi connectivity index (χ4n) is 3.28. The molecule has 1 aromatic heterocycles. The number of aromatic nitrogens is 2. The molecule has 2 aromatic rings. The standard InChI is InChI=1S/C21H26ClN5O4/c1-14-13-31-18-6-5-15(22)11-16(18)20(29)23-8-3-4-10-27(12-19(28)25-14)21(30)17-7-9-24-26(17)2/h5-7,9,11,14H,3-4,8,10,12-13H2,1-2H3,(H,23,29)(H,25,28)/t14-/m0/s1. The molecule has 1 aromatic carbocycles. The van der Waals surface area contributed by atoms with E-state index in [1.54, 1.807) is 44.4 Å². The van der Waals surface area contributed by atoms with E-state index in [0.717, 1.165) is 0 Å². The number of halogens is 1. The molecule has 2 heterocycles. The Labute approximate surface area is 185 Å². The molecule has 1 aliphatic rings. The van der Waals surface area contributed by atoms with E-state index < -0.39 is 0 Å². The molecule has 31 heavy (non-hydrogen) atoms. The van der Waals surface area contributed by atoms with Crippen molar-refractivity contribution in [1.82, 2.24) is 25.3 Å². The zero-order chi connectivity index (χ0) is 22.4. The summed E-state index contributed by atoms with van der Waals surface area (Å²) in [7, 11) is 1.68. The molecule has 0 saturated heterocycles. The summed E-state index contributed by atoms with van der Waals surface area (Å²) >= 11 is 6.05. The van der Waals surface area contributed by atoms with Gasteiger partial charge in [-0.05, 0) is 44.0 Å². The lowest BCUT2D eigenvalue weighted by Crippen LogP contribution is -2.45. The molecule has 1 atom stereocenters. The summed E-state index contributed by atoms with van der Waals surface area (Å²) in [5, 5.41) is 10.2. The molecule has 0 aliphatic carbocycles. The highest BCUT2D eigenvalue weighted by Crippen LogP contribution is 2.23. The molecule has 0 fully saturated rings. The van der Waals surface area contributed by atoms with Crippen LogP contribution in [0, 0.1) is 0 Å². The van der Waals surface area contributed by atoms with Crippen molar-refractivity contribution in [1.29, 1.82) is 0 Å². The maximum Gasteiger partial charge on any atom is 0.272 e. The highest BCUT2D eigenvalue weighted by atomic mass is 35.5. The Bertz CT molecular complexity index is 961. The minimum absolute atomic E-state index is 0.0765. The van der Waals surface area contributed by atoms with Crippen molar-refractivity contribution < 1.29 is 19.1 Å². The zero-order valence-electron chi connectivity index (χ0n) is 17.6. The van der Waals surface area contributed by atoms with E-state index in [-0.39, 0.29) is 36.9 Å². The van der Waals surface area contributed by atoms with Gasteiger partial charge in [-0.2, -0.15) is 5.10 Å². The van der Waals surface area contributed by atoms with E-state index in [1.807, 2.05) is 0 Å². The lowest BCUT2D eigenvalue weighted by molar-refractivity contribution is -0.122. The van der Waals surface area contributed by atoms with Crippen LogP contribution in [0.4, 0.5) is 0 Å². The van der Waals surface area contributed by atoms with Crippen LogP contribution in [0.2, 0.25) is 5.02 Å². The fraction of sp³-hybridized carbons (Fsp3) is 0.429. The zero-order valence-corrected chi connectivity index (χ0v) is 18.3. The Morgan fingerprint density at radius 2 is 2.06 bits per heavy atom. The van der Waals surface area contributed by atoms with Gasteiger partial charge in [-0.3, -0.25) is 19.1 Å². The number of fused-ring (bicyclic) bond motifs is 1. The molecule has 166 valence electrons. The average Bonchev–Trinajstić information content (AvgIpc) is 3.16. The maximum atomic E-state index is 12.9. The second-order valence-corrected chi connectivity index (χ2v) is 7.89. The molecule has 9 nitrogen and oxygen atoms in total. The van der Waals surface area contributed by atoms with Crippen molar-refractivity contribution in [3.05, 3.63) is 46.7 Å². The Kier molecular flexibility index (Phi) is 7.51. The minimum Gasteiger partial charge on any atom is -0.491 e. The highest BCUT2D eigenvalue weighted by Gasteiger charge is 2.22. The third-order valence-electron chi connectivity index (χ3n) is 4.88. The Hall–Kier alpha value is -3.07. The van der Waals surface area contributed by atoms with Gasteiger partial charge in [0.25, 0.3) is 11.8 Å². The lowest BCUT2D eigenvalue weighted by atomic mass is 10.2. The molecule has 3 amide bonds. The predicted molar refractivity (Wildman–Crippen MR) is 115 cm³/mol. The predicted octanol–water partition coefficient (Wildman–Crippen LogP) is 1.62. The summed E-state index contributed by atoms with van der Waals surface area (Å²) in [6.07, 6.45) is 2.79. The van der Waals surface area contributed by atoms with Crippen molar-refractivity contribution in [3.8, 4) is 5.75 Å². The molecular weight excluding hydrogens is 422 g/mol. The van der Waals surface area contributed by atoms with Crippen molar-refractivity contribution in [2.24, 2.45) is 7.05 Å². The Morgan fingerprint density at radius 1 is 1.26 bits per heavy atom. The molecule has 0 saturated carbocycles. The number of nitrogens with zero attached hydrogens (tertiary/aromatic N) is 3. The number of benzene rings is 1. The van der Waals surface area contributed by atoms with Crippen LogP contribution in [-0.4, -0.2) is 64.7 Å². The highest BCUT2D eigenvalue weighted by molar-refractivity contribution is 6.31. The van der Waals surface area contributed by atoms with Crippen molar-refractivity contribution in [2.75, 3.05) is 26.2 Å². The van der Waals surface area contributed by atoms with Gasteiger partial charge >= 0.3 is 0 Å². The number of hydrogen-bond donors (Lipinski definition) is 2. The molecule has 3 rings (SSSR count). The summed E-state index contributed by atoms with van der Waals surface area (Å²) in [5.41, 5.74) is 0.747. The van der Waals surface area contributed by atoms with Crippen molar-refractivity contribution in [3.63, 3.8) is 0 Å². The third-order valence-corrected chi connectivity index (χ3v) is 5.12. The van der Waals surface area contributed by atoms with Gasteiger partial charge in [-0.25, -0.2) is 0 Å². The quantitative estimate of drug-likeness (QED) is 0.691. The van der Waals surface area contributed by atoms with Crippen LogP contribution >= 0.6 is 11.6 Å². The summed E-state index contributed by atoms with van der Waals surface area (Å²) in [6.45, 7) is 2.66. The number of amides is 3. The van der Waals surface area contributed by atoms with E-state index in [4.69, 9.17) is 16.3 Å². The van der Waals surface area contributed by atoms with Crippen LogP contribution in [0.15, 0.2) is 30.5 Å². The van der Waals surface area contributed by atoms with Crippen LogP contribution in [0.25, 0.3) is 0 Å². The first-order chi connectivity index (χ1) is 14.8. The number of carbonyl (C=O) groups excluding carboxylic acids is 3. The molecule has 0 bridgehead atoms. The fourth-order valence-corrected chi connectivity index (χ4v) is 3.45. The van der Waals surface area contributed by atoms with Gasteiger partial charge in [0.15, 0.2) is 0 Å². The second-order valence-electron chi connectivity index (χ2n) is 7.45. The molecule has 1 aliphatic heterocycles. The largest absolute Gasteiger partial charge is 0.491 e. The van der Waals surface area contributed by atoms with Crippen LogP contribution < -0.4 is 15.4 Å². The molecule has 0 unspecified atom stereocenters. The average molecular weight is 448 g/mol. The number of hydrogen-bond acceptors (Lipinski definition) is 5. The maximum absolute atomic E-state index is 12.9. The van der Waals surface area contributed by atoms with Gasteiger partial charge in [0.2, 0.25) is 5.91 Å². The molecule has 2 N–H and O–H groups in total. The van der Waals surface area contributed by atoms with E-state index in [1.165, 1.54) is 9.58 Å².